The fraction of sp³-hybridized carbons (Fsp3) is 0.429. The Hall–Kier alpha value is -4.47. The van der Waals surface area contributed by atoms with E-state index in [2.05, 4.69) is 36.2 Å². The largest absolute Gasteiger partial charge is 0.516 e. The fourth-order valence-electron chi connectivity index (χ4n) is 5.38. The molecule has 3 heterocycles. The third-order valence-corrected chi connectivity index (χ3v) is 9.46. The van der Waals surface area contributed by atoms with E-state index in [-0.39, 0.29) is 11.6 Å². The molecule has 0 radical (unpaired) electrons. The van der Waals surface area contributed by atoms with Gasteiger partial charge in [0, 0.05) is 6.07 Å². The van der Waals surface area contributed by atoms with Crippen molar-refractivity contribution in [1.29, 1.82) is 0 Å². The Morgan fingerprint density at radius 2 is 1.14 bits per heavy atom. The minimum Gasteiger partial charge on any atom is -0.464 e. The van der Waals surface area contributed by atoms with Gasteiger partial charge in [-0.3, -0.25) is 4.68 Å². The van der Waals surface area contributed by atoms with E-state index in [4.69, 9.17) is 23.0 Å². The molecule has 0 amide bonds. The Bertz CT molecular complexity index is 1940. The molecular formula is C35H45BN4O9S. The van der Waals surface area contributed by atoms with Crippen LogP contribution in [0.3, 0.4) is 0 Å². The second-order valence-electron chi connectivity index (χ2n) is 13.2. The van der Waals surface area contributed by atoms with Crippen molar-refractivity contribution in [3.05, 3.63) is 93.3 Å². The number of aryl methyl sites for hydroxylation is 4. The lowest BCUT2D eigenvalue weighted by molar-refractivity contribution is 0.00578. The topological polar surface area (TPSA) is 150 Å². The van der Waals surface area contributed by atoms with Crippen LogP contribution >= 0.6 is 0 Å². The maximum Gasteiger partial charge on any atom is 0.516 e. The van der Waals surface area contributed by atoms with Crippen molar-refractivity contribution < 1.29 is 41.0 Å². The molecule has 0 aliphatic carbocycles. The van der Waals surface area contributed by atoms with Crippen molar-refractivity contribution in [1.82, 2.24) is 19.6 Å². The van der Waals surface area contributed by atoms with Crippen molar-refractivity contribution in [2.24, 2.45) is 0 Å². The molecule has 0 N–H and O–H groups in total. The molecule has 0 bridgehead atoms. The number of hydrogen-bond acceptors (Lipinski definition) is 11. The standard InChI is InChI=1S/C20H27BN2O4.C15H18N2O5S/c1-13-9-8-10-14(2)15(13)12-23-16(18(24)25-7)11-17(22-23)21-26-19(3,4)20(5,6)27-21;1-10-6-5-7-11(2)12(10)9-17-13(15(18)21-3)8-14(16-17)22-23(4,19)20/h8-11H,12H2,1-7H3;5-8H,9H2,1-4H3. The lowest BCUT2D eigenvalue weighted by Gasteiger charge is -2.32. The molecule has 1 saturated heterocycles. The zero-order valence-corrected chi connectivity index (χ0v) is 31.3. The van der Waals surface area contributed by atoms with Crippen LogP contribution in [0.2, 0.25) is 0 Å². The van der Waals surface area contributed by atoms with E-state index in [1.165, 1.54) is 25.0 Å². The van der Waals surface area contributed by atoms with E-state index in [0.717, 1.165) is 39.6 Å². The summed E-state index contributed by atoms with van der Waals surface area (Å²) in [6, 6.07) is 14.9. The van der Waals surface area contributed by atoms with Crippen molar-refractivity contribution in [2.45, 2.75) is 79.7 Å². The number of rotatable bonds is 9. The third kappa shape index (κ3) is 8.63. The van der Waals surface area contributed by atoms with Gasteiger partial charge in [0.15, 0.2) is 5.69 Å². The highest BCUT2D eigenvalue weighted by atomic mass is 32.2. The Morgan fingerprint density at radius 1 is 0.740 bits per heavy atom. The van der Waals surface area contributed by atoms with Crippen LogP contribution in [0.4, 0.5) is 0 Å². The average Bonchev–Trinajstić information content (AvgIpc) is 3.68. The summed E-state index contributed by atoms with van der Waals surface area (Å²) < 4.78 is 52.1. The van der Waals surface area contributed by atoms with Crippen LogP contribution in [0.5, 0.6) is 5.88 Å². The molecule has 1 aliphatic rings. The summed E-state index contributed by atoms with van der Waals surface area (Å²) >= 11 is 0. The maximum absolute atomic E-state index is 12.3. The normalized spacial score (nSPS) is 14.9. The molecule has 268 valence electrons. The zero-order chi connectivity index (χ0) is 37.2. The Morgan fingerprint density at radius 3 is 1.54 bits per heavy atom. The first-order chi connectivity index (χ1) is 23.3. The molecule has 50 heavy (non-hydrogen) atoms. The van der Waals surface area contributed by atoms with E-state index in [1.807, 2.05) is 65.8 Å². The first-order valence-corrected chi connectivity index (χ1v) is 17.8. The number of ether oxygens (including phenoxy) is 2. The van der Waals surface area contributed by atoms with Crippen LogP contribution in [0.15, 0.2) is 48.5 Å². The van der Waals surface area contributed by atoms with Crippen molar-refractivity contribution in [2.75, 3.05) is 20.5 Å². The quantitative estimate of drug-likeness (QED) is 0.139. The number of aromatic nitrogens is 4. The Kier molecular flexibility index (Phi) is 11.3. The number of esters is 2. The smallest absolute Gasteiger partial charge is 0.464 e. The van der Waals surface area contributed by atoms with Crippen LogP contribution in [0.1, 0.15) is 82.1 Å². The molecular weight excluding hydrogens is 663 g/mol. The molecule has 2 aromatic carbocycles. The second kappa shape index (κ2) is 14.8. The van der Waals surface area contributed by atoms with Gasteiger partial charge in [-0.15, -0.1) is 5.10 Å². The predicted octanol–water partition coefficient (Wildman–Crippen LogP) is 4.31. The highest BCUT2D eigenvalue weighted by molar-refractivity contribution is 7.86. The van der Waals surface area contributed by atoms with Gasteiger partial charge in [0.2, 0.25) is 0 Å². The Balaban J connectivity index is 0.000000228. The molecule has 0 unspecified atom stereocenters. The summed E-state index contributed by atoms with van der Waals surface area (Å²) in [5.41, 5.74) is 6.64. The van der Waals surface area contributed by atoms with Gasteiger partial charge in [0.25, 0.3) is 5.88 Å². The van der Waals surface area contributed by atoms with Gasteiger partial charge in [-0.05, 0) is 94.8 Å². The summed E-state index contributed by atoms with van der Waals surface area (Å²) in [4.78, 5) is 24.2. The van der Waals surface area contributed by atoms with E-state index in [1.54, 1.807) is 10.7 Å². The minimum absolute atomic E-state index is 0.119. The average molecular weight is 709 g/mol. The third-order valence-electron chi connectivity index (χ3n) is 8.98. The van der Waals surface area contributed by atoms with Crippen molar-refractivity contribution in [3.8, 4) is 5.88 Å². The monoisotopic (exact) mass is 708 g/mol. The lowest BCUT2D eigenvalue weighted by Crippen LogP contribution is -2.41. The van der Waals surface area contributed by atoms with E-state index < -0.39 is 40.4 Å². The summed E-state index contributed by atoms with van der Waals surface area (Å²) in [7, 11) is -1.74. The van der Waals surface area contributed by atoms with Crippen LogP contribution in [-0.4, -0.2) is 78.7 Å². The van der Waals surface area contributed by atoms with Gasteiger partial charge in [-0.2, -0.15) is 13.5 Å². The number of carbonyl (C=O) groups excluding carboxylic acids is 2. The SMILES string of the molecule is COC(=O)c1cc(B2OC(C)(C)C(C)(C)O2)nn1Cc1c(C)cccc1C.COC(=O)c1cc(OS(C)(=O)=O)nn1Cc1c(C)cccc1C. The first-order valence-electron chi connectivity index (χ1n) is 15.9. The van der Waals surface area contributed by atoms with Crippen LogP contribution in [0, 0.1) is 27.7 Å². The van der Waals surface area contributed by atoms with E-state index in [9.17, 15) is 18.0 Å². The molecule has 0 saturated carbocycles. The summed E-state index contributed by atoms with van der Waals surface area (Å²) in [6.45, 7) is 16.7. The molecule has 0 spiro atoms. The number of benzene rings is 2. The second-order valence-corrected chi connectivity index (χ2v) is 14.8. The molecule has 15 heteroatoms. The molecule has 2 aromatic heterocycles. The van der Waals surface area contributed by atoms with Crippen molar-refractivity contribution in [3.63, 3.8) is 0 Å². The number of carbonyl (C=O) groups is 2. The molecule has 0 atom stereocenters. The molecule has 1 fully saturated rings. The predicted molar refractivity (Wildman–Crippen MR) is 188 cm³/mol. The maximum atomic E-state index is 12.3. The van der Waals surface area contributed by atoms with Gasteiger partial charge in [-0.25, -0.2) is 14.3 Å². The van der Waals surface area contributed by atoms with Gasteiger partial charge < -0.3 is 23.0 Å². The summed E-state index contributed by atoms with van der Waals surface area (Å²) in [5, 5.41) is 8.69. The van der Waals surface area contributed by atoms with Gasteiger partial charge in [0.1, 0.15) is 5.69 Å². The van der Waals surface area contributed by atoms with E-state index >= 15 is 0 Å². The van der Waals surface area contributed by atoms with E-state index in [0.29, 0.717) is 24.4 Å². The zero-order valence-electron chi connectivity index (χ0n) is 30.5. The highest BCUT2D eigenvalue weighted by Crippen LogP contribution is 2.36. The Labute approximate surface area is 294 Å². The summed E-state index contributed by atoms with van der Waals surface area (Å²) in [6.07, 6.45) is 0.912. The highest BCUT2D eigenvalue weighted by Gasteiger charge is 2.53. The number of nitrogens with zero attached hydrogens (tertiary/aromatic N) is 4. The lowest BCUT2D eigenvalue weighted by atomic mass is 9.85. The first kappa shape index (κ1) is 38.3. The van der Waals surface area contributed by atoms with Crippen LogP contribution in [-0.2, 0) is 42.0 Å². The molecule has 13 nitrogen and oxygen atoms in total. The summed E-state index contributed by atoms with van der Waals surface area (Å²) in [5.74, 6) is -1.22. The van der Waals surface area contributed by atoms with Gasteiger partial charge in [-0.1, -0.05) is 36.4 Å². The molecule has 4 aromatic rings. The number of hydrogen-bond donors (Lipinski definition) is 0. The van der Waals surface area contributed by atoms with Crippen molar-refractivity contribution >= 4 is 34.8 Å². The van der Waals surface area contributed by atoms with Gasteiger partial charge >= 0.3 is 29.2 Å². The number of methoxy groups -OCH3 is 2. The fourth-order valence-corrected chi connectivity index (χ4v) is 5.77. The van der Waals surface area contributed by atoms with Crippen LogP contribution < -0.4 is 9.78 Å². The van der Waals surface area contributed by atoms with Crippen LogP contribution in [0.25, 0.3) is 0 Å². The molecule has 1 aliphatic heterocycles. The minimum atomic E-state index is -3.73. The molecule has 5 rings (SSSR count). The van der Waals surface area contributed by atoms with Gasteiger partial charge in [0.05, 0.1) is 50.4 Å².